The highest BCUT2D eigenvalue weighted by Gasteiger charge is 2.19. The maximum atomic E-state index is 14.6. The lowest BCUT2D eigenvalue weighted by atomic mass is 9.96. The third-order valence-corrected chi connectivity index (χ3v) is 5.51. The normalized spacial score (nSPS) is 13.4. The van der Waals surface area contributed by atoms with E-state index in [2.05, 4.69) is 25.0 Å². The van der Waals surface area contributed by atoms with Gasteiger partial charge in [0.25, 0.3) is 5.91 Å². The van der Waals surface area contributed by atoms with Crippen LogP contribution in [0.3, 0.4) is 0 Å². The van der Waals surface area contributed by atoms with Crippen LogP contribution in [0.1, 0.15) is 54.9 Å². The summed E-state index contributed by atoms with van der Waals surface area (Å²) in [6.45, 7) is 5.72. The predicted molar refractivity (Wildman–Crippen MR) is 129 cm³/mol. The first-order chi connectivity index (χ1) is 15.8. The average molecular weight is 497 g/mol. The van der Waals surface area contributed by atoms with Crippen LogP contribution in [-0.4, -0.2) is 72.3 Å². The van der Waals surface area contributed by atoms with Crippen LogP contribution in [-0.2, 0) is 16.4 Å². The van der Waals surface area contributed by atoms with Crippen molar-refractivity contribution in [3.8, 4) is 0 Å². The van der Waals surface area contributed by atoms with Gasteiger partial charge in [-0.3, -0.25) is 9.52 Å². The van der Waals surface area contributed by atoms with Crippen molar-refractivity contribution in [1.82, 2.24) is 19.9 Å². The number of sulfonamides is 1. The standard InChI is InChI=1S/C22H33FN6O4S/c1-13(2)9-16(12-30)24-21-25-19(26-22(27-21)28-34(6,32)33)10-14(3)15-7-8-17(18(23)11-15)20(31)29(4)5/h7-8,11,13-14,16,30H,9-10,12H2,1-6H3,(H2,24,25,26,27,28). The number of nitrogens with zero attached hydrogens (tertiary/aromatic N) is 4. The number of hydrogen-bond donors (Lipinski definition) is 3. The zero-order valence-corrected chi connectivity index (χ0v) is 21.1. The molecular weight excluding hydrogens is 463 g/mol. The van der Waals surface area contributed by atoms with E-state index >= 15 is 0 Å². The maximum absolute atomic E-state index is 14.6. The van der Waals surface area contributed by atoms with Gasteiger partial charge in [-0.2, -0.15) is 15.0 Å². The molecular formula is C22H33FN6O4S. The predicted octanol–water partition coefficient (Wildman–Crippen LogP) is 2.25. The topological polar surface area (TPSA) is 137 Å². The Hall–Kier alpha value is -2.86. The molecule has 1 amide bonds. The van der Waals surface area contributed by atoms with E-state index < -0.39 is 21.7 Å². The smallest absolute Gasteiger partial charge is 0.256 e. The first-order valence-corrected chi connectivity index (χ1v) is 12.8. The molecule has 1 aromatic carbocycles. The lowest BCUT2D eigenvalue weighted by Gasteiger charge is -2.19. The summed E-state index contributed by atoms with van der Waals surface area (Å²) in [7, 11) is -0.534. The van der Waals surface area contributed by atoms with Crippen LogP contribution < -0.4 is 10.0 Å². The van der Waals surface area contributed by atoms with E-state index in [1.165, 1.54) is 17.0 Å². The molecule has 0 aliphatic heterocycles. The van der Waals surface area contributed by atoms with Gasteiger partial charge in [-0.25, -0.2) is 12.8 Å². The van der Waals surface area contributed by atoms with Crippen LogP contribution in [0.4, 0.5) is 16.3 Å². The molecule has 0 aliphatic rings. The van der Waals surface area contributed by atoms with Crippen LogP contribution in [0, 0.1) is 11.7 Å². The molecule has 10 nitrogen and oxygen atoms in total. The van der Waals surface area contributed by atoms with Crippen molar-refractivity contribution in [3.63, 3.8) is 0 Å². The van der Waals surface area contributed by atoms with Crippen molar-refractivity contribution >= 4 is 27.8 Å². The van der Waals surface area contributed by atoms with E-state index in [0.29, 0.717) is 17.9 Å². The third kappa shape index (κ3) is 8.17. The molecule has 3 N–H and O–H groups in total. The molecule has 0 fully saturated rings. The lowest BCUT2D eigenvalue weighted by molar-refractivity contribution is 0.0823. The number of aliphatic hydroxyl groups is 1. The van der Waals surface area contributed by atoms with Gasteiger partial charge >= 0.3 is 0 Å². The summed E-state index contributed by atoms with van der Waals surface area (Å²) in [6.07, 6.45) is 1.89. The molecule has 2 rings (SSSR count). The first kappa shape index (κ1) is 27.4. The van der Waals surface area contributed by atoms with E-state index in [4.69, 9.17) is 0 Å². The first-order valence-electron chi connectivity index (χ1n) is 10.9. The molecule has 2 unspecified atom stereocenters. The second-order valence-electron chi connectivity index (χ2n) is 8.97. The number of halogens is 1. The van der Waals surface area contributed by atoms with Crippen molar-refractivity contribution in [2.75, 3.05) is 37.0 Å². The van der Waals surface area contributed by atoms with Crippen molar-refractivity contribution in [2.24, 2.45) is 5.92 Å². The summed E-state index contributed by atoms with van der Waals surface area (Å²) >= 11 is 0. The van der Waals surface area contributed by atoms with Gasteiger partial charge in [-0.1, -0.05) is 26.8 Å². The Morgan fingerprint density at radius 1 is 1.15 bits per heavy atom. The number of carbonyl (C=O) groups excluding carboxylic acids is 1. The van der Waals surface area contributed by atoms with E-state index in [1.807, 2.05) is 20.8 Å². The molecule has 2 aromatic rings. The van der Waals surface area contributed by atoms with Gasteiger partial charge in [0.15, 0.2) is 0 Å². The fourth-order valence-corrected chi connectivity index (χ4v) is 3.78. The number of amides is 1. The van der Waals surface area contributed by atoms with E-state index in [1.54, 1.807) is 20.2 Å². The molecule has 1 aromatic heterocycles. The molecule has 0 aliphatic carbocycles. The molecule has 0 saturated carbocycles. The van der Waals surface area contributed by atoms with Gasteiger partial charge in [0.1, 0.15) is 11.6 Å². The van der Waals surface area contributed by atoms with E-state index in [9.17, 15) is 22.7 Å². The largest absolute Gasteiger partial charge is 0.394 e. The Morgan fingerprint density at radius 3 is 2.32 bits per heavy atom. The van der Waals surface area contributed by atoms with Gasteiger partial charge in [-0.05, 0) is 36.0 Å². The Kier molecular flexibility index (Phi) is 9.28. The summed E-state index contributed by atoms with van der Waals surface area (Å²) in [5.41, 5.74) is 0.612. The van der Waals surface area contributed by atoms with Crippen LogP contribution in [0.15, 0.2) is 18.2 Å². The number of rotatable bonds is 11. The number of benzene rings is 1. The molecule has 0 bridgehead atoms. The molecule has 0 spiro atoms. The van der Waals surface area contributed by atoms with Crippen LogP contribution in [0.2, 0.25) is 0 Å². The zero-order valence-electron chi connectivity index (χ0n) is 20.3. The van der Waals surface area contributed by atoms with Gasteiger partial charge in [0.2, 0.25) is 21.9 Å². The van der Waals surface area contributed by atoms with E-state index in [0.717, 1.165) is 6.26 Å². The quantitative estimate of drug-likeness (QED) is 0.431. The Morgan fingerprint density at radius 2 is 1.79 bits per heavy atom. The van der Waals surface area contributed by atoms with Crippen LogP contribution >= 0.6 is 0 Å². The molecule has 2 atom stereocenters. The number of carbonyl (C=O) groups is 1. The summed E-state index contributed by atoms with van der Waals surface area (Å²) in [4.78, 5) is 26.1. The minimum absolute atomic E-state index is 0.0209. The van der Waals surface area contributed by atoms with Gasteiger partial charge < -0.3 is 15.3 Å². The summed E-state index contributed by atoms with van der Waals surface area (Å²) in [6, 6.07) is 4.10. The van der Waals surface area contributed by atoms with Crippen molar-refractivity contribution in [2.45, 2.75) is 45.6 Å². The maximum Gasteiger partial charge on any atom is 0.256 e. The lowest BCUT2D eigenvalue weighted by Crippen LogP contribution is -2.27. The second kappa shape index (κ2) is 11.5. The van der Waals surface area contributed by atoms with Crippen molar-refractivity contribution < 1.29 is 22.7 Å². The molecule has 1 heterocycles. The molecule has 34 heavy (non-hydrogen) atoms. The SMILES string of the molecule is CC(C)CC(CO)Nc1nc(CC(C)c2ccc(C(=O)N(C)C)c(F)c2)nc(NS(C)(=O)=O)n1. The Balaban J connectivity index is 2.33. The number of aliphatic hydroxyl groups excluding tert-OH is 1. The van der Waals surface area contributed by atoms with Crippen LogP contribution in [0.5, 0.6) is 0 Å². The molecule has 188 valence electrons. The minimum Gasteiger partial charge on any atom is -0.394 e. The zero-order chi connectivity index (χ0) is 25.6. The highest BCUT2D eigenvalue weighted by atomic mass is 32.2. The number of hydrogen-bond acceptors (Lipinski definition) is 8. The monoisotopic (exact) mass is 496 g/mol. The minimum atomic E-state index is -3.64. The fraction of sp³-hybridized carbons (Fsp3) is 0.545. The summed E-state index contributed by atoms with van der Waals surface area (Å²) < 4.78 is 40.3. The molecule has 0 saturated heterocycles. The van der Waals surface area contributed by atoms with Gasteiger partial charge in [0.05, 0.1) is 24.5 Å². The third-order valence-electron chi connectivity index (χ3n) is 4.96. The summed E-state index contributed by atoms with van der Waals surface area (Å²) in [5, 5.41) is 12.7. The molecule has 0 radical (unpaired) electrons. The van der Waals surface area contributed by atoms with E-state index in [-0.39, 0.29) is 48.3 Å². The Labute approximate surface area is 200 Å². The highest BCUT2D eigenvalue weighted by molar-refractivity contribution is 7.91. The number of anilines is 2. The van der Waals surface area contributed by atoms with Gasteiger partial charge in [0, 0.05) is 20.5 Å². The van der Waals surface area contributed by atoms with Crippen LogP contribution in [0.25, 0.3) is 0 Å². The highest BCUT2D eigenvalue weighted by Crippen LogP contribution is 2.23. The van der Waals surface area contributed by atoms with Crippen molar-refractivity contribution in [1.29, 1.82) is 0 Å². The van der Waals surface area contributed by atoms with Gasteiger partial charge in [-0.15, -0.1) is 0 Å². The second-order valence-corrected chi connectivity index (χ2v) is 10.7. The number of nitrogens with one attached hydrogen (secondary N) is 2. The average Bonchev–Trinajstić information content (AvgIpc) is 2.70. The fourth-order valence-electron chi connectivity index (χ4n) is 3.36. The Bertz CT molecular complexity index is 1110. The number of aromatic nitrogens is 3. The molecule has 12 heteroatoms. The summed E-state index contributed by atoms with van der Waals surface area (Å²) in [5.74, 6) is -0.740. The van der Waals surface area contributed by atoms with Crippen molar-refractivity contribution in [3.05, 3.63) is 41.0 Å².